The highest BCUT2D eigenvalue weighted by Crippen LogP contribution is 2.17. The summed E-state index contributed by atoms with van der Waals surface area (Å²) in [7, 11) is 1.27. The zero-order chi connectivity index (χ0) is 17.8. The molecule has 3 rings (SSSR count). The largest absolute Gasteiger partial charge is 0.465 e. The Kier molecular flexibility index (Phi) is 4.56. The molecule has 0 spiro atoms. The first-order valence-electron chi connectivity index (χ1n) is 7.39. The second-order valence-electron chi connectivity index (χ2n) is 5.11. The molecule has 0 aliphatic heterocycles. The highest BCUT2D eigenvalue weighted by molar-refractivity contribution is 6.07. The summed E-state index contributed by atoms with van der Waals surface area (Å²) in [5.41, 5.74) is 1.35. The highest BCUT2D eigenvalue weighted by atomic mass is 19.1. The van der Waals surface area contributed by atoms with E-state index in [1.807, 2.05) is 0 Å². The monoisotopic (exact) mass is 339 g/mol. The number of para-hydroxylation sites is 1. The van der Waals surface area contributed by atoms with Crippen LogP contribution >= 0.6 is 0 Å². The summed E-state index contributed by atoms with van der Waals surface area (Å²) < 4.78 is 19.1. The maximum atomic E-state index is 13.0. The third-order valence-electron chi connectivity index (χ3n) is 3.49. The summed E-state index contributed by atoms with van der Waals surface area (Å²) in [4.78, 5) is 24.1. The molecule has 0 fully saturated rings. The Morgan fingerprint density at radius 1 is 1.08 bits per heavy atom. The van der Waals surface area contributed by atoms with E-state index in [1.165, 1.54) is 30.0 Å². The maximum Gasteiger partial charge on any atom is 0.339 e. The first-order valence-corrected chi connectivity index (χ1v) is 7.39. The normalized spacial score (nSPS) is 10.3. The summed E-state index contributed by atoms with van der Waals surface area (Å²) in [6.07, 6.45) is 1.59. The number of methoxy groups -OCH3 is 1. The fourth-order valence-corrected chi connectivity index (χ4v) is 2.25. The standard InChI is InChI=1S/C18H14FN3O3/c1-25-18(24)14-4-2-3-5-15(14)20-17(23)16-10-11-22(21-16)13-8-6-12(19)7-9-13/h2-11H,1H3,(H,20,23). The lowest BCUT2D eigenvalue weighted by Crippen LogP contribution is -2.16. The molecule has 0 aliphatic rings. The van der Waals surface area contributed by atoms with Crippen LogP contribution in [0, 0.1) is 5.82 Å². The number of aromatic nitrogens is 2. The minimum Gasteiger partial charge on any atom is -0.465 e. The van der Waals surface area contributed by atoms with Crippen molar-refractivity contribution in [3.05, 3.63) is 77.9 Å². The molecule has 1 heterocycles. The van der Waals surface area contributed by atoms with Gasteiger partial charge < -0.3 is 10.1 Å². The number of anilines is 1. The van der Waals surface area contributed by atoms with Crippen LogP contribution in [0.3, 0.4) is 0 Å². The lowest BCUT2D eigenvalue weighted by Gasteiger charge is -2.08. The number of carbonyl (C=O) groups is 2. The van der Waals surface area contributed by atoms with Gasteiger partial charge in [0.05, 0.1) is 24.0 Å². The number of hydrogen-bond donors (Lipinski definition) is 1. The Labute approximate surface area is 142 Å². The van der Waals surface area contributed by atoms with Gasteiger partial charge in [0.15, 0.2) is 5.69 Å². The molecule has 0 aliphatic carbocycles. The molecule has 1 amide bonds. The molecule has 126 valence electrons. The van der Waals surface area contributed by atoms with E-state index in [1.54, 1.807) is 42.6 Å². The zero-order valence-electron chi connectivity index (χ0n) is 13.3. The number of halogens is 1. The van der Waals surface area contributed by atoms with E-state index in [4.69, 9.17) is 4.74 Å². The Morgan fingerprint density at radius 2 is 1.80 bits per heavy atom. The molecule has 3 aromatic rings. The second-order valence-corrected chi connectivity index (χ2v) is 5.11. The third kappa shape index (κ3) is 3.55. The molecule has 0 saturated heterocycles. The molecule has 0 unspecified atom stereocenters. The van der Waals surface area contributed by atoms with Crippen molar-refractivity contribution >= 4 is 17.6 Å². The number of benzene rings is 2. The number of nitrogens with zero attached hydrogens (tertiary/aromatic N) is 2. The van der Waals surface area contributed by atoms with Gasteiger partial charge in [-0.3, -0.25) is 4.79 Å². The van der Waals surface area contributed by atoms with Crippen LogP contribution in [0.5, 0.6) is 0 Å². The molecule has 25 heavy (non-hydrogen) atoms. The zero-order valence-corrected chi connectivity index (χ0v) is 13.3. The molecular formula is C18H14FN3O3. The number of amides is 1. The second kappa shape index (κ2) is 6.96. The molecule has 7 heteroatoms. The van der Waals surface area contributed by atoms with Crippen LogP contribution in [0.15, 0.2) is 60.8 Å². The van der Waals surface area contributed by atoms with Crippen LogP contribution in [0.25, 0.3) is 5.69 Å². The molecule has 0 saturated carbocycles. The van der Waals surface area contributed by atoms with Crippen LogP contribution < -0.4 is 5.32 Å². The van der Waals surface area contributed by atoms with Crippen LogP contribution in [0.1, 0.15) is 20.8 Å². The summed E-state index contributed by atoms with van der Waals surface area (Å²) in [5, 5.41) is 6.81. The van der Waals surface area contributed by atoms with E-state index in [0.29, 0.717) is 11.4 Å². The van der Waals surface area contributed by atoms with E-state index in [2.05, 4.69) is 10.4 Å². The SMILES string of the molecule is COC(=O)c1ccccc1NC(=O)c1ccn(-c2ccc(F)cc2)n1. The smallest absolute Gasteiger partial charge is 0.339 e. The van der Waals surface area contributed by atoms with Gasteiger partial charge in [0, 0.05) is 6.20 Å². The quantitative estimate of drug-likeness (QED) is 0.742. The third-order valence-corrected chi connectivity index (χ3v) is 3.49. The molecule has 2 aromatic carbocycles. The average molecular weight is 339 g/mol. The predicted molar refractivity (Wildman–Crippen MR) is 89.3 cm³/mol. The van der Waals surface area contributed by atoms with Crippen LogP contribution in [-0.2, 0) is 4.74 Å². The Hall–Kier alpha value is -3.48. The van der Waals surface area contributed by atoms with Crippen molar-refractivity contribution in [1.29, 1.82) is 0 Å². The molecular weight excluding hydrogens is 325 g/mol. The minimum atomic E-state index is -0.548. The predicted octanol–water partition coefficient (Wildman–Crippen LogP) is 3.05. The van der Waals surface area contributed by atoms with Gasteiger partial charge in [0.25, 0.3) is 5.91 Å². The lowest BCUT2D eigenvalue weighted by atomic mass is 10.1. The maximum absolute atomic E-state index is 13.0. The van der Waals surface area contributed by atoms with E-state index in [9.17, 15) is 14.0 Å². The van der Waals surface area contributed by atoms with Gasteiger partial charge in [-0.25, -0.2) is 13.9 Å². The van der Waals surface area contributed by atoms with Gasteiger partial charge in [0.2, 0.25) is 0 Å². The summed E-state index contributed by atoms with van der Waals surface area (Å²) in [5.74, 6) is -1.38. The molecule has 0 bridgehead atoms. The van der Waals surface area contributed by atoms with Crippen molar-refractivity contribution in [3.63, 3.8) is 0 Å². The summed E-state index contributed by atoms with van der Waals surface area (Å²) >= 11 is 0. The van der Waals surface area contributed by atoms with Crippen LogP contribution in [-0.4, -0.2) is 28.8 Å². The van der Waals surface area contributed by atoms with Gasteiger partial charge in [-0.15, -0.1) is 0 Å². The molecule has 0 radical (unpaired) electrons. The highest BCUT2D eigenvalue weighted by Gasteiger charge is 2.16. The molecule has 0 atom stereocenters. The number of rotatable bonds is 4. The Balaban J connectivity index is 1.81. The molecule has 1 N–H and O–H groups in total. The van der Waals surface area contributed by atoms with Gasteiger partial charge in [0.1, 0.15) is 5.82 Å². The van der Waals surface area contributed by atoms with Gasteiger partial charge in [-0.2, -0.15) is 5.10 Å². The molecule has 1 aromatic heterocycles. The number of carbonyl (C=O) groups excluding carboxylic acids is 2. The lowest BCUT2D eigenvalue weighted by molar-refractivity contribution is 0.0602. The first-order chi connectivity index (χ1) is 12.1. The van der Waals surface area contributed by atoms with Crippen molar-refractivity contribution in [1.82, 2.24) is 9.78 Å². The van der Waals surface area contributed by atoms with Gasteiger partial charge in [-0.05, 0) is 42.5 Å². The number of hydrogen-bond acceptors (Lipinski definition) is 4. The van der Waals surface area contributed by atoms with Crippen molar-refractivity contribution in [3.8, 4) is 5.69 Å². The fourth-order valence-electron chi connectivity index (χ4n) is 2.25. The van der Waals surface area contributed by atoms with E-state index in [-0.39, 0.29) is 17.1 Å². The topological polar surface area (TPSA) is 73.2 Å². The Bertz CT molecular complexity index is 919. The van der Waals surface area contributed by atoms with Gasteiger partial charge >= 0.3 is 5.97 Å². The van der Waals surface area contributed by atoms with E-state index >= 15 is 0 Å². The Morgan fingerprint density at radius 3 is 2.52 bits per heavy atom. The first kappa shape index (κ1) is 16.4. The van der Waals surface area contributed by atoms with Crippen molar-refractivity contribution < 1.29 is 18.7 Å². The van der Waals surface area contributed by atoms with Crippen molar-refractivity contribution in [2.45, 2.75) is 0 Å². The summed E-state index contributed by atoms with van der Waals surface area (Å²) in [6, 6.07) is 13.8. The van der Waals surface area contributed by atoms with Crippen LogP contribution in [0.2, 0.25) is 0 Å². The molecule has 6 nitrogen and oxygen atoms in total. The van der Waals surface area contributed by atoms with Crippen molar-refractivity contribution in [2.75, 3.05) is 12.4 Å². The average Bonchev–Trinajstić information content (AvgIpc) is 3.12. The van der Waals surface area contributed by atoms with Crippen molar-refractivity contribution in [2.24, 2.45) is 0 Å². The minimum absolute atomic E-state index is 0.156. The number of ether oxygens (including phenoxy) is 1. The van der Waals surface area contributed by atoms with Crippen LogP contribution in [0.4, 0.5) is 10.1 Å². The number of esters is 1. The fraction of sp³-hybridized carbons (Fsp3) is 0.0556. The van der Waals surface area contributed by atoms with Gasteiger partial charge in [-0.1, -0.05) is 12.1 Å². The van der Waals surface area contributed by atoms with E-state index < -0.39 is 11.9 Å². The number of nitrogens with one attached hydrogen (secondary N) is 1. The van der Waals surface area contributed by atoms with E-state index in [0.717, 1.165) is 0 Å². The summed E-state index contributed by atoms with van der Waals surface area (Å²) in [6.45, 7) is 0.